The van der Waals surface area contributed by atoms with E-state index in [2.05, 4.69) is 20.8 Å². The zero-order chi connectivity index (χ0) is 16.2. The first-order valence-corrected chi connectivity index (χ1v) is 9.25. The third kappa shape index (κ3) is 7.77. The second-order valence-electron chi connectivity index (χ2n) is 6.81. The molecule has 1 aromatic carbocycles. The van der Waals surface area contributed by atoms with Crippen LogP contribution in [0.2, 0.25) is 0 Å². The Balaban J connectivity index is 2.20. The van der Waals surface area contributed by atoms with Crippen molar-refractivity contribution >= 4 is 5.78 Å². The van der Waals surface area contributed by atoms with Crippen LogP contribution in [0.5, 0.6) is 0 Å². The number of carbonyl (C=O) groups is 1. The molecule has 1 atom stereocenters. The van der Waals surface area contributed by atoms with Gasteiger partial charge in [-0.15, -0.1) is 0 Å². The fourth-order valence-corrected chi connectivity index (χ4v) is 3.29. The zero-order valence-corrected chi connectivity index (χ0v) is 14.8. The molecule has 22 heavy (non-hydrogen) atoms. The van der Waals surface area contributed by atoms with Crippen molar-refractivity contribution in [3.8, 4) is 0 Å². The Morgan fingerprint density at radius 3 is 2.14 bits per heavy atom. The van der Waals surface area contributed by atoms with Crippen molar-refractivity contribution in [2.75, 3.05) is 0 Å². The first kappa shape index (κ1) is 18.9. The number of ketones is 1. The average Bonchev–Trinajstić information content (AvgIpc) is 2.54. The molecule has 1 heteroatoms. The van der Waals surface area contributed by atoms with E-state index >= 15 is 0 Å². The molecular weight excluding hydrogens is 268 g/mol. The van der Waals surface area contributed by atoms with E-state index in [0.29, 0.717) is 12.2 Å². The van der Waals surface area contributed by atoms with E-state index in [1.165, 1.54) is 44.9 Å². The first-order valence-electron chi connectivity index (χ1n) is 9.25. The quantitative estimate of drug-likeness (QED) is 0.394. The van der Waals surface area contributed by atoms with Gasteiger partial charge in [-0.05, 0) is 18.3 Å². The summed E-state index contributed by atoms with van der Waals surface area (Å²) in [4.78, 5) is 12.1. The predicted molar refractivity (Wildman–Crippen MR) is 96.3 cm³/mol. The van der Waals surface area contributed by atoms with Crippen LogP contribution in [0.1, 0.15) is 88.9 Å². The van der Waals surface area contributed by atoms with E-state index in [0.717, 1.165) is 23.8 Å². The van der Waals surface area contributed by atoms with Crippen LogP contribution < -0.4 is 0 Å². The standard InChI is InChI=1S/C21H34O/c1-4-10-19(11-5-2)17-16-18(3)12-9-15-21(22)20-13-7-6-8-14-20/h6-8,13-14,18-19H,4-5,9-12,15-17H2,1-3H3/t18-/m1/s1. The maximum absolute atomic E-state index is 12.1. The lowest BCUT2D eigenvalue weighted by Crippen LogP contribution is -2.05. The maximum atomic E-state index is 12.1. The van der Waals surface area contributed by atoms with Gasteiger partial charge >= 0.3 is 0 Å². The molecule has 0 aromatic heterocycles. The number of carbonyl (C=O) groups excluding carboxylic acids is 1. The monoisotopic (exact) mass is 302 g/mol. The highest BCUT2D eigenvalue weighted by atomic mass is 16.1. The lowest BCUT2D eigenvalue weighted by Gasteiger charge is -2.18. The molecule has 0 saturated heterocycles. The Labute approximate surface area is 137 Å². The molecule has 0 fully saturated rings. The number of Topliss-reactive ketones (excluding diaryl/α,β-unsaturated/α-hetero) is 1. The van der Waals surface area contributed by atoms with E-state index in [9.17, 15) is 4.79 Å². The summed E-state index contributed by atoms with van der Waals surface area (Å²) in [7, 11) is 0. The van der Waals surface area contributed by atoms with Crippen LogP contribution in [0.4, 0.5) is 0 Å². The Hall–Kier alpha value is -1.11. The van der Waals surface area contributed by atoms with Gasteiger partial charge in [-0.3, -0.25) is 4.79 Å². The van der Waals surface area contributed by atoms with Gasteiger partial charge in [0.05, 0.1) is 0 Å². The van der Waals surface area contributed by atoms with Crippen LogP contribution in [-0.4, -0.2) is 5.78 Å². The predicted octanol–water partition coefficient (Wildman–Crippen LogP) is 6.67. The van der Waals surface area contributed by atoms with Crippen molar-refractivity contribution in [3.63, 3.8) is 0 Å². The van der Waals surface area contributed by atoms with Gasteiger partial charge in [0.1, 0.15) is 0 Å². The number of hydrogen-bond donors (Lipinski definition) is 0. The molecule has 0 aliphatic heterocycles. The SMILES string of the molecule is CCCC(CCC)CC[C@H](C)CCCC(=O)c1ccccc1. The van der Waals surface area contributed by atoms with E-state index in [1.807, 2.05) is 30.3 Å². The zero-order valence-electron chi connectivity index (χ0n) is 14.8. The molecule has 0 heterocycles. The summed E-state index contributed by atoms with van der Waals surface area (Å²) in [5, 5.41) is 0. The molecule has 0 amide bonds. The summed E-state index contributed by atoms with van der Waals surface area (Å²) >= 11 is 0. The van der Waals surface area contributed by atoms with E-state index in [-0.39, 0.29) is 0 Å². The third-order valence-corrected chi connectivity index (χ3v) is 4.66. The van der Waals surface area contributed by atoms with E-state index in [4.69, 9.17) is 0 Å². The first-order chi connectivity index (χ1) is 10.7. The molecule has 1 nitrogen and oxygen atoms in total. The lowest BCUT2D eigenvalue weighted by atomic mass is 9.88. The molecule has 0 bridgehead atoms. The van der Waals surface area contributed by atoms with Crippen LogP contribution in [0.3, 0.4) is 0 Å². The number of benzene rings is 1. The second kappa shape index (κ2) is 11.5. The molecule has 124 valence electrons. The fourth-order valence-electron chi connectivity index (χ4n) is 3.29. The molecule has 0 N–H and O–H groups in total. The Kier molecular flexibility index (Phi) is 9.86. The van der Waals surface area contributed by atoms with Crippen LogP contribution in [0.15, 0.2) is 30.3 Å². The topological polar surface area (TPSA) is 17.1 Å². The molecule has 1 rings (SSSR count). The molecule has 1 aromatic rings. The third-order valence-electron chi connectivity index (χ3n) is 4.66. The molecule has 0 saturated carbocycles. The Morgan fingerprint density at radius 2 is 1.55 bits per heavy atom. The largest absolute Gasteiger partial charge is 0.294 e. The highest BCUT2D eigenvalue weighted by Gasteiger charge is 2.11. The van der Waals surface area contributed by atoms with Gasteiger partial charge in [-0.1, -0.05) is 96.0 Å². The maximum Gasteiger partial charge on any atom is 0.162 e. The van der Waals surface area contributed by atoms with Gasteiger partial charge in [0.2, 0.25) is 0 Å². The summed E-state index contributed by atoms with van der Waals surface area (Å²) in [5.41, 5.74) is 0.862. The second-order valence-corrected chi connectivity index (χ2v) is 6.81. The van der Waals surface area contributed by atoms with Crippen LogP contribution in [-0.2, 0) is 0 Å². The van der Waals surface area contributed by atoms with Gasteiger partial charge in [-0.2, -0.15) is 0 Å². The highest BCUT2D eigenvalue weighted by Crippen LogP contribution is 2.24. The molecule has 0 aliphatic carbocycles. The fraction of sp³-hybridized carbons (Fsp3) is 0.667. The highest BCUT2D eigenvalue weighted by molar-refractivity contribution is 5.95. The number of hydrogen-bond acceptors (Lipinski definition) is 1. The van der Waals surface area contributed by atoms with Crippen LogP contribution in [0, 0.1) is 11.8 Å². The normalized spacial score (nSPS) is 12.5. The van der Waals surface area contributed by atoms with Gasteiger partial charge in [-0.25, -0.2) is 0 Å². The number of rotatable bonds is 12. The Bertz CT molecular complexity index is 390. The van der Waals surface area contributed by atoms with E-state index < -0.39 is 0 Å². The van der Waals surface area contributed by atoms with Gasteiger partial charge in [0.25, 0.3) is 0 Å². The van der Waals surface area contributed by atoms with Crippen molar-refractivity contribution in [1.82, 2.24) is 0 Å². The van der Waals surface area contributed by atoms with Crippen LogP contribution >= 0.6 is 0 Å². The molecule has 0 spiro atoms. The van der Waals surface area contributed by atoms with Crippen molar-refractivity contribution in [2.24, 2.45) is 11.8 Å². The Morgan fingerprint density at radius 1 is 0.909 bits per heavy atom. The van der Waals surface area contributed by atoms with Gasteiger partial charge in [0, 0.05) is 12.0 Å². The summed E-state index contributed by atoms with van der Waals surface area (Å²) in [6.07, 6.45) is 11.0. The minimum Gasteiger partial charge on any atom is -0.294 e. The van der Waals surface area contributed by atoms with Crippen molar-refractivity contribution in [2.45, 2.75) is 78.6 Å². The summed E-state index contributed by atoms with van der Waals surface area (Å²) in [5.74, 6) is 1.96. The van der Waals surface area contributed by atoms with Gasteiger partial charge in [0.15, 0.2) is 5.78 Å². The lowest BCUT2D eigenvalue weighted by molar-refractivity contribution is 0.0977. The molecule has 0 aliphatic rings. The molecule has 0 unspecified atom stereocenters. The molecular formula is C21H34O. The minimum atomic E-state index is 0.294. The minimum absolute atomic E-state index is 0.294. The molecule has 0 radical (unpaired) electrons. The van der Waals surface area contributed by atoms with Crippen LogP contribution in [0.25, 0.3) is 0 Å². The van der Waals surface area contributed by atoms with Gasteiger partial charge < -0.3 is 0 Å². The van der Waals surface area contributed by atoms with E-state index in [1.54, 1.807) is 0 Å². The average molecular weight is 303 g/mol. The summed E-state index contributed by atoms with van der Waals surface area (Å²) in [6, 6.07) is 9.69. The summed E-state index contributed by atoms with van der Waals surface area (Å²) < 4.78 is 0. The van der Waals surface area contributed by atoms with Crippen molar-refractivity contribution in [3.05, 3.63) is 35.9 Å². The van der Waals surface area contributed by atoms with Crippen molar-refractivity contribution in [1.29, 1.82) is 0 Å². The smallest absolute Gasteiger partial charge is 0.162 e. The van der Waals surface area contributed by atoms with Crippen molar-refractivity contribution < 1.29 is 4.79 Å². The summed E-state index contributed by atoms with van der Waals surface area (Å²) in [6.45, 7) is 6.94.